The van der Waals surface area contributed by atoms with E-state index in [0.29, 0.717) is 0 Å². The van der Waals surface area contributed by atoms with Crippen molar-refractivity contribution in [3.05, 3.63) is 24.3 Å². The van der Waals surface area contributed by atoms with Gasteiger partial charge in [-0.25, -0.2) is 0 Å². The van der Waals surface area contributed by atoms with Crippen LogP contribution in [-0.2, 0) is 10.8 Å². The molecule has 1 aromatic carbocycles. The van der Waals surface area contributed by atoms with Crippen LogP contribution < -0.4 is 0 Å². The van der Waals surface area contributed by atoms with Gasteiger partial charge >= 0.3 is 0 Å². The molecule has 1 nitrogen and oxygen atoms in total. The van der Waals surface area contributed by atoms with Crippen LogP contribution in [0.3, 0.4) is 0 Å². The highest BCUT2D eigenvalue weighted by Crippen LogP contribution is 2.21. The van der Waals surface area contributed by atoms with Gasteiger partial charge in [-0.05, 0) is 42.9 Å². The summed E-state index contributed by atoms with van der Waals surface area (Å²) in [7, 11) is -0.808. The van der Waals surface area contributed by atoms with E-state index in [-0.39, 0.29) is 0 Å². The summed E-state index contributed by atoms with van der Waals surface area (Å²) in [5.41, 5.74) is 0. The average Bonchev–Trinajstić information content (AvgIpc) is 2.37. The van der Waals surface area contributed by atoms with Gasteiger partial charge in [-0.2, -0.15) is 0 Å². The highest BCUT2D eigenvalue weighted by molar-refractivity contribution is 7.99. The lowest BCUT2D eigenvalue weighted by Crippen LogP contribution is -1.97. The van der Waals surface area contributed by atoms with Gasteiger partial charge in [0.25, 0.3) is 0 Å². The molecule has 1 unspecified atom stereocenters. The summed E-state index contributed by atoms with van der Waals surface area (Å²) in [6.07, 6.45) is 4.65. The van der Waals surface area contributed by atoms with E-state index in [0.717, 1.165) is 23.5 Å². The van der Waals surface area contributed by atoms with Gasteiger partial charge in [0.05, 0.1) is 10.8 Å². The summed E-state index contributed by atoms with van der Waals surface area (Å²) in [4.78, 5) is 2.26. The minimum atomic E-state index is -0.808. The molecular weight excluding hydrogens is 248 g/mol. The minimum absolute atomic E-state index is 0.791. The van der Waals surface area contributed by atoms with Crippen molar-refractivity contribution < 1.29 is 4.21 Å². The summed E-state index contributed by atoms with van der Waals surface area (Å²) >= 11 is 1.88. The number of hydrogen-bond acceptors (Lipinski definition) is 2. The van der Waals surface area contributed by atoms with Gasteiger partial charge in [-0.15, -0.1) is 11.8 Å². The Morgan fingerprint density at radius 2 is 1.71 bits per heavy atom. The molecule has 0 bridgehead atoms. The zero-order valence-electron chi connectivity index (χ0n) is 10.8. The molecule has 0 spiro atoms. The summed E-state index contributed by atoms with van der Waals surface area (Å²) in [5.74, 6) is 1.97. The second kappa shape index (κ2) is 8.76. The predicted molar refractivity (Wildman–Crippen MR) is 78.3 cm³/mol. The van der Waals surface area contributed by atoms with E-state index < -0.39 is 10.8 Å². The monoisotopic (exact) mass is 270 g/mol. The van der Waals surface area contributed by atoms with Crippen molar-refractivity contribution in [2.24, 2.45) is 0 Å². The summed E-state index contributed by atoms with van der Waals surface area (Å²) in [6.45, 7) is 4.34. The number of benzene rings is 1. The smallest absolute Gasteiger partial charge is 0.0529 e. The Balaban J connectivity index is 2.46. The van der Waals surface area contributed by atoms with E-state index in [9.17, 15) is 4.21 Å². The molecule has 1 atom stereocenters. The van der Waals surface area contributed by atoms with Crippen LogP contribution in [0, 0.1) is 0 Å². The van der Waals surface area contributed by atoms with Crippen LogP contribution in [0.25, 0.3) is 0 Å². The van der Waals surface area contributed by atoms with E-state index >= 15 is 0 Å². The fraction of sp³-hybridized carbons (Fsp3) is 0.571. The lowest BCUT2D eigenvalue weighted by atomic mass is 10.4. The van der Waals surface area contributed by atoms with Crippen molar-refractivity contribution in [1.29, 1.82) is 0 Å². The summed E-state index contributed by atoms with van der Waals surface area (Å²) < 4.78 is 11.9. The second-order valence-electron chi connectivity index (χ2n) is 4.08. The Labute approximate surface area is 112 Å². The van der Waals surface area contributed by atoms with E-state index in [1.165, 1.54) is 23.5 Å². The highest BCUT2D eigenvalue weighted by Gasteiger charge is 2.03. The number of thioether (sulfide) groups is 1. The van der Waals surface area contributed by atoms with Crippen molar-refractivity contribution in [2.75, 3.05) is 11.5 Å². The fourth-order valence-electron chi connectivity index (χ4n) is 1.42. The molecule has 0 fully saturated rings. The first-order chi connectivity index (χ1) is 8.27. The fourth-order valence-corrected chi connectivity index (χ4v) is 3.64. The molecule has 0 aliphatic rings. The van der Waals surface area contributed by atoms with E-state index in [2.05, 4.69) is 26.0 Å². The lowest BCUT2D eigenvalue weighted by molar-refractivity contribution is 0.679. The third kappa shape index (κ3) is 5.73. The van der Waals surface area contributed by atoms with Crippen LogP contribution in [0.5, 0.6) is 0 Å². The number of rotatable bonds is 8. The summed E-state index contributed by atoms with van der Waals surface area (Å²) in [5, 5.41) is 0. The van der Waals surface area contributed by atoms with Crippen LogP contribution in [0.2, 0.25) is 0 Å². The van der Waals surface area contributed by atoms with Crippen LogP contribution >= 0.6 is 11.8 Å². The molecule has 0 aliphatic carbocycles. The Kier molecular flexibility index (Phi) is 7.62. The van der Waals surface area contributed by atoms with Gasteiger partial charge < -0.3 is 0 Å². The average molecular weight is 270 g/mol. The van der Waals surface area contributed by atoms with Gasteiger partial charge in [0.15, 0.2) is 0 Å². The van der Waals surface area contributed by atoms with Crippen LogP contribution in [-0.4, -0.2) is 15.7 Å². The zero-order valence-corrected chi connectivity index (χ0v) is 12.4. The molecule has 3 heteroatoms. The molecule has 0 saturated carbocycles. The molecule has 0 aromatic heterocycles. The van der Waals surface area contributed by atoms with E-state index in [1.807, 2.05) is 23.9 Å². The van der Waals surface area contributed by atoms with E-state index in [1.54, 1.807) is 0 Å². The third-order valence-electron chi connectivity index (χ3n) is 2.54. The van der Waals surface area contributed by atoms with Crippen LogP contribution in [0.4, 0.5) is 0 Å². The summed E-state index contributed by atoms with van der Waals surface area (Å²) in [6, 6.07) is 8.22. The molecule has 0 aliphatic heterocycles. The number of hydrogen-bond donors (Lipinski definition) is 0. The van der Waals surface area contributed by atoms with E-state index in [4.69, 9.17) is 0 Å². The Hall–Kier alpha value is -0.280. The maximum absolute atomic E-state index is 11.9. The molecule has 0 N–H and O–H groups in total. The molecule has 0 heterocycles. The quantitative estimate of drug-likeness (QED) is 0.511. The van der Waals surface area contributed by atoms with Crippen molar-refractivity contribution in [3.8, 4) is 0 Å². The normalized spacial score (nSPS) is 12.6. The van der Waals surface area contributed by atoms with Gasteiger partial charge in [0.1, 0.15) is 0 Å². The molecule has 17 heavy (non-hydrogen) atoms. The van der Waals surface area contributed by atoms with Crippen molar-refractivity contribution in [3.63, 3.8) is 0 Å². The topological polar surface area (TPSA) is 17.1 Å². The second-order valence-corrected chi connectivity index (χ2v) is 6.82. The van der Waals surface area contributed by atoms with Crippen molar-refractivity contribution in [1.82, 2.24) is 0 Å². The first-order valence-electron chi connectivity index (χ1n) is 6.39. The van der Waals surface area contributed by atoms with Gasteiger partial charge in [-0.1, -0.05) is 26.7 Å². The van der Waals surface area contributed by atoms with Crippen LogP contribution in [0.1, 0.15) is 39.5 Å². The zero-order chi connectivity index (χ0) is 12.5. The van der Waals surface area contributed by atoms with Crippen LogP contribution in [0.15, 0.2) is 34.1 Å². The van der Waals surface area contributed by atoms with Gasteiger partial charge in [0, 0.05) is 15.5 Å². The minimum Gasteiger partial charge on any atom is -0.254 e. The molecule has 0 radical (unpaired) electrons. The molecule has 1 aromatic rings. The van der Waals surface area contributed by atoms with Crippen molar-refractivity contribution >= 4 is 22.6 Å². The maximum Gasteiger partial charge on any atom is 0.0529 e. The Morgan fingerprint density at radius 1 is 1.06 bits per heavy atom. The molecule has 96 valence electrons. The standard InChI is InChI=1S/C14H22OS2/c1-3-5-11-16-13-7-9-14(10-8-13)17(15)12-6-4-2/h7-10H,3-6,11-12H2,1-2H3. The molecule has 1 rings (SSSR count). The largest absolute Gasteiger partial charge is 0.254 e. The molecule has 0 amide bonds. The maximum atomic E-state index is 11.9. The van der Waals surface area contributed by atoms with Crippen molar-refractivity contribution in [2.45, 2.75) is 49.3 Å². The Morgan fingerprint density at radius 3 is 2.29 bits per heavy atom. The first kappa shape index (κ1) is 14.8. The first-order valence-corrected chi connectivity index (χ1v) is 8.69. The number of unbranched alkanes of at least 4 members (excludes halogenated alkanes) is 2. The van der Waals surface area contributed by atoms with Gasteiger partial charge in [0.2, 0.25) is 0 Å². The Bertz CT molecular complexity index is 333. The third-order valence-corrected chi connectivity index (χ3v) is 5.09. The molecular formula is C14H22OS2. The lowest BCUT2D eigenvalue weighted by Gasteiger charge is -2.04. The predicted octanol–water partition coefficient (Wildman–Crippen LogP) is 4.49. The molecule has 0 saturated heterocycles. The van der Waals surface area contributed by atoms with Gasteiger partial charge in [-0.3, -0.25) is 4.21 Å². The SMILES string of the molecule is CCCCSc1ccc(S(=O)CCCC)cc1. The highest BCUT2D eigenvalue weighted by atomic mass is 32.2.